The SMILES string of the molecule is COC(=O)[C@H](CC(C)C)NP(=O)(OC[C@H]1O[C@@H](n2ccc(N)nc2=O)[C@H](O)[C@@H]1O)Oc1ccccc1. The molecule has 1 aliphatic rings. The number of hydrogen-bond donors (Lipinski definition) is 4. The third-order valence-corrected chi connectivity index (χ3v) is 6.92. The number of esters is 1. The van der Waals surface area contributed by atoms with Gasteiger partial charge in [0.2, 0.25) is 0 Å². The van der Waals surface area contributed by atoms with Gasteiger partial charge < -0.3 is 29.9 Å². The number of carbonyl (C=O) groups excluding carboxylic acids is 1. The maximum atomic E-state index is 13.7. The van der Waals surface area contributed by atoms with E-state index in [0.29, 0.717) is 0 Å². The number of nitrogen functional groups attached to an aromatic ring is 1. The summed E-state index contributed by atoms with van der Waals surface area (Å²) in [6.45, 7) is 3.23. The standard InChI is InChI=1S/C22H31N4O9P/c1-13(2)11-15(21(29)32-3)25-36(31,35-14-7-5-4-6-8-14)33-12-16-18(27)19(28)20(34-16)26-10-9-17(23)24-22(26)30/h4-10,13,15-16,18-20,27-28H,11-12H2,1-3H3,(H,25,31)(H2,23,24,30)/t15-,16+,18+,19+,20+,36?/m0/s1. The van der Waals surface area contributed by atoms with E-state index in [4.69, 9.17) is 24.3 Å². The van der Waals surface area contributed by atoms with Crippen molar-refractivity contribution >= 4 is 19.5 Å². The van der Waals surface area contributed by atoms with Gasteiger partial charge in [0.1, 0.15) is 35.9 Å². The van der Waals surface area contributed by atoms with Crippen LogP contribution in [0.5, 0.6) is 5.75 Å². The van der Waals surface area contributed by atoms with Crippen LogP contribution in [-0.4, -0.2) is 63.8 Å². The fourth-order valence-corrected chi connectivity index (χ4v) is 5.12. The molecule has 0 amide bonds. The number of nitrogens with one attached hydrogen (secondary N) is 1. The van der Waals surface area contributed by atoms with Crippen LogP contribution in [0.4, 0.5) is 5.82 Å². The molecule has 0 saturated carbocycles. The van der Waals surface area contributed by atoms with Crippen LogP contribution in [0.3, 0.4) is 0 Å². The number of methoxy groups -OCH3 is 1. The molecule has 1 aliphatic heterocycles. The molecule has 5 N–H and O–H groups in total. The van der Waals surface area contributed by atoms with Gasteiger partial charge >= 0.3 is 19.4 Å². The number of carbonyl (C=O) groups is 1. The van der Waals surface area contributed by atoms with Gasteiger partial charge in [-0.2, -0.15) is 10.1 Å². The Bertz CT molecular complexity index is 1130. The molecular formula is C22H31N4O9P. The summed E-state index contributed by atoms with van der Waals surface area (Å²) in [5.41, 5.74) is 4.70. The van der Waals surface area contributed by atoms with E-state index in [0.717, 1.165) is 4.57 Å². The fraction of sp³-hybridized carbons (Fsp3) is 0.500. The molecule has 1 unspecified atom stereocenters. The molecule has 0 bridgehead atoms. The number of para-hydroxylation sites is 1. The molecule has 13 nitrogen and oxygen atoms in total. The molecule has 2 aromatic rings. The smallest absolute Gasteiger partial charge is 0.459 e. The van der Waals surface area contributed by atoms with Crippen LogP contribution in [0.25, 0.3) is 0 Å². The van der Waals surface area contributed by atoms with Crippen molar-refractivity contribution in [3.8, 4) is 5.75 Å². The van der Waals surface area contributed by atoms with Crippen LogP contribution < -0.4 is 21.0 Å². The van der Waals surface area contributed by atoms with Gasteiger partial charge in [0.25, 0.3) is 0 Å². The number of rotatable bonds is 11. The number of anilines is 1. The summed E-state index contributed by atoms with van der Waals surface area (Å²) in [6, 6.07) is 8.48. The number of aliphatic hydroxyl groups is 2. The Morgan fingerprint density at radius 3 is 2.56 bits per heavy atom. The maximum Gasteiger partial charge on any atom is 0.459 e. The summed E-state index contributed by atoms with van der Waals surface area (Å²) in [5.74, 6) is -0.441. The quantitative estimate of drug-likeness (QED) is 0.239. The van der Waals surface area contributed by atoms with Gasteiger partial charge in [0.15, 0.2) is 6.23 Å². The normalized spacial score (nSPS) is 24.3. The zero-order chi connectivity index (χ0) is 26.5. The van der Waals surface area contributed by atoms with Crippen molar-refractivity contribution in [2.24, 2.45) is 5.92 Å². The molecule has 198 valence electrons. The lowest BCUT2D eigenvalue weighted by Crippen LogP contribution is -2.39. The predicted octanol–water partition coefficient (Wildman–Crippen LogP) is 0.826. The molecule has 1 aromatic heterocycles. The van der Waals surface area contributed by atoms with Gasteiger partial charge in [-0.1, -0.05) is 32.0 Å². The number of benzene rings is 1. The highest BCUT2D eigenvalue weighted by Gasteiger charge is 2.46. The molecule has 1 aromatic carbocycles. The van der Waals surface area contributed by atoms with Crippen LogP contribution in [0.15, 0.2) is 47.4 Å². The van der Waals surface area contributed by atoms with Crippen molar-refractivity contribution in [1.82, 2.24) is 14.6 Å². The van der Waals surface area contributed by atoms with Gasteiger partial charge in [-0.25, -0.2) is 9.36 Å². The van der Waals surface area contributed by atoms with E-state index in [2.05, 4.69) is 10.1 Å². The Morgan fingerprint density at radius 1 is 1.25 bits per heavy atom. The van der Waals surface area contributed by atoms with Crippen molar-refractivity contribution in [3.05, 3.63) is 53.1 Å². The molecule has 0 radical (unpaired) electrons. The van der Waals surface area contributed by atoms with Crippen LogP contribution in [0.1, 0.15) is 26.5 Å². The summed E-state index contributed by atoms with van der Waals surface area (Å²) in [5, 5.41) is 23.6. The van der Waals surface area contributed by atoms with E-state index in [1.807, 2.05) is 13.8 Å². The van der Waals surface area contributed by atoms with E-state index in [1.54, 1.807) is 30.3 Å². The van der Waals surface area contributed by atoms with Gasteiger partial charge in [-0.15, -0.1) is 0 Å². The Balaban J connectivity index is 1.80. The third-order valence-electron chi connectivity index (χ3n) is 5.35. The van der Waals surface area contributed by atoms with Crippen LogP contribution >= 0.6 is 7.75 Å². The molecular weight excluding hydrogens is 495 g/mol. The van der Waals surface area contributed by atoms with Crippen molar-refractivity contribution in [1.29, 1.82) is 0 Å². The first-order valence-corrected chi connectivity index (χ1v) is 12.8. The van der Waals surface area contributed by atoms with Gasteiger partial charge in [-0.3, -0.25) is 13.9 Å². The first-order chi connectivity index (χ1) is 17.0. The second-order valence-electron chi connectivity index (χ2n) is 8.62. The zero-order valence-corrected chi connectivity index (χ0v) is 21.0. The highest BCUT2D eigenvalue weighted by Crippen LogP contribution is 2.46. The van der Waals surface area contributed by atoms with E-state index in [-0.39, 0.29) is 23.9 Å². The van der Waals surface area contributed by atoms with E-state index < -0.39 is 56.6 Å². The minimum Gasteiger partial charge on any atom is -0.468 e. The summed E-state index contributed by atoms with van der Waals surface area (Å²) in [4.78, 5) is 28.1. The summed E-state index contributed by atoms with van der Waals surface area (Å²) in [7, 11) is -3.04. The van der Waals surface area contributed by atoms with Crippen molar-refractivity contribution < 1.29 is 38.1 Å². The van der Waals surface area contributed by atoms with Gasteiger partial charge in [0, 0.05) is 6.20 Å². The van der Waals surface area contributed by atoms with Crippen molar-refractivity contribution in [2.45, 2.75) is 50.8 Å². The second-order valence-corrected chi connectivity index (χ2v) is 10.3. The third kappa shape index (κ3) is 6.90. The number of hydrogen-bond acceptors (Lipinski definition) is 11. The molecule has 1 fully saturated rings. The molecule has 1 saturated heterocycles. The average Bonchev–Trinajstić information content (AvgIpc) is 3.11. The highest BCUT2D eigenvalue weighted by molar-refractivity contribution is 7.52. The maximum absolute atomic E-state index is 13.7. The van der Waals surface area contributed by atoms with E-state index in [1.165, 1.54) is 19.4 Å². The highest BCUT2D eigenvalue weighted by atomic mass is 31.2. The molecule has 6 atom stereocenters. The zero-order valence-electron chi connectivity index (χ0n) is 20.1. The molecule has 0 aliphatic carbocycles. The number of nitrogens with two attached hydrogens (primary N) is 1. The Kier molecular flexibility index (Phi) is 9.23. The van der Waals surface area contributed by atoms with Crippen LogP contribution in [-0.2, 0) is 23.4 Å². The Hall–Kier alpha value is -2.80. The Morgan fingerprint density at radius 2 is 1.94 bits per heavy atom. The monoisotopic (exact) mass is 526 g/mol. The lowest BCUT2D eigenvalue weighted by molar-refractivity contribution is -0.143. The topological polar surface area (TPSA) is 184 Å². The number of nitrogens with zero attached hydrogens (tertiary/aromatic N) is 2. The molecule has 3 rings (SSSR count). The van der Waals surface area contributed by atoms with Crippen LogP contribution in [0, 0.1) is 5.92 Å². The van der Waals surface area contributed by atoms with Crippen LogP contribution in [0.2, 0.25) is 0 Å². The summed E-state index contributed by atoms with van der Waals surface area (Å²) in [6.07, 6.45) is -3.98. The van der Waals surface area contributed by atoms with E-state index in [9.17, 15) is 24.4 Å². The number of aromatic nitrogens is 2. The largest absolute Gasteiger partial charge is 0.468 e. The lowest BCUT2D eigenvalue weighted by atomic mass is 10.1. The van der Waals surface area contributed by atoms with Gasteiger partial charge in [0.05, 0.1) is 13.7 Å². The predicted molar refractivity (Wildman–Crippen MR) is 128 cm³/mol. The van der Waals surface area contributed by atoms with E-state index >= 15 is 0 Å². The lowest BCUT2D eigenvalue weighted by Gasteiger charge is -2.26. The molecule has 14 heteroatoms. The second kappa shape index (κ2) is 12.0. The summed E-state index contributed by atoms with van der Waals surface area (Å²) >= 11 is 0. The number of ether oxygens (including phenoxy) is 2. The average molecular weight is 526 g/mol. The first-order valence-electron chi connectivity index (χ1n) is 11.2. The molecule has 2 heterocycles. The first kappa shape index (κ1) is 27.8. The molecule has 0 spiro atoms. The Labute approximate surface area is 207 Å². The fourth-order valence-electron chi connectivity index (χ4n) is 3.60. The minimum atomic E-state index is -4.25. The molecule has 36 heavy (non-hydrogen) atoms. The number of aliphatic hydroxyl groups excluding tert-OH is 2. The van der Waals surface area contributed by atoms with Gasteiger partial charge in [-0.05, 0) is 30.5 Å². The summed E-state index contributed by atoms with van der Waals surface area (Å²) < 4.78 is 36.4. The van der Waals surface area contributed by atoms with Crippen molar-refractivity contribution in [2.75, 3.05) is 19.5 Å². The van der Waals surface area contributed by atoms with Crippen molar-refractivity contribution in [3.63, 3.8) is 0 Å². The minimum absolute atomic E-state index is 0.0178.